The van der Waals surface area contributed by atoms with Gasteiger partial charge in [0, 0.05) is 51.3 Å². The van der Waals surface area contributed by atoms with Crippen molar-refractivity contribution >= 4 is 11.8 Å². The highest BCUT2D eigenvalue weighted by Gasteiger charge is 2.45. The van der Waals surface area contributed by atoms with E-state index < -0.39 is 23.6 Å². The average Bonchev–Trinajstić information content (AvgIpc) is 3.41. The summed E-state index contributed by atoms with van der Waals surface area (Å²) in [6, 6.07) is -1.13. The molecule has 10 nitrogen and oxygen atoms in total. The van der Waals surface area contributed by atoms with E-state index in [1.165, 1.54) is 0 Å². The highest BCUT2D eigenvalue weighted by Crippen LogP contribution is 2.40. The number of likely N-dealkylation sites (tertiary alicyclic amines) is 1. The summed E-state index contributed by atoms with van der Waals surface area (Å²) in [6.07, 6.45) is 6.85. The molecular formula is C23H39N7O3. The van der Waals surface area contributed by atoms with Gasteiger partial charge in [-0.2, -0.15) is 0 Å². The molecule has 3 N–H and O–H groups in total. The smallest absolute Gasteiger partial charge is 0.248 e. The predicted molar refractivity (Wildman–Crippen MR) is 123 cm³/mol. The fourth-order valence-corrected chi connectivity index (χ4v) is 5.00. The molecule has 4 rings (SSSR count). The molecule has 4 atom stereocenters. The second-order valence-electron chi connectivity index (χ2n) is 11.1. The molecular weight excluding hydrogens is 422 g/mol. The van der Waals surface area contributed by atoms with E-state index in [2.05, 4.69) is 26.1 Å². The van der Waals surface area contributed by atoms with Crippen molar-refractivity contribution in [1.29, 1.82) is 0 Å². The van der Waals surface area contributed by atoms with Gasteiger partial charge in [-0.05, 0) is 31.1 Å². The van der Waals surface area contributed by atoms with Gasteiger partial charge in [-0.1, -0.05) is 32.4 Å². The molecule has 2 saturated heterocycles. The van der Waals surface area contributed by atoms with Crippen molar-refractivity contribution in [3.8, 4) is 0 Å². The Bertz CT molecular complexity index is 847. The largest absolute Gasteiger partial charge is 0.391 e. The van der Waals surface area contributed by atoms with E-state index in [0.29, 0.717) is 12.5 Å². The van der Waals surface area contributed by atoms with Gasteiger partial charge in [0.2, 0.25) is 11.8 Å². The van der Waals surface area contributed by atoms with E-state index >= 15 is 0 Å². The van der Waals surface area contributed by atoms with Crippen LogP contribution in [0.2, 0.25) is 0 Å². The van der Waals surface area contributed by atoms with Gasteiger partial charge in [0.1, 0.15) is 12.1 Å². The minimum Gasteiger partial charge on any atom is -0.391 e. The second kappa shape index (κ2) is 9.68. The number of nitrogens with zero attached hydrogens (tertiary/aromatic N) is 5. The molecule has 3 unspecified atom stereocenters. The summed E-state index contributed by atoms with van der Waals surface area (Å²) in [5.41, 5.74) is 3.90. The Hall–Kier alpha value is -2.04. The maximum absolute atomic E-state index is 13.8. The van der Waals surface area contributed by atoms with E-state index in [1.807, 2.05) is 34.0 Å². The zero-order valence-electron chi connectivity index (χ0n) is 20.3. The Morgan fingerprint density at radius 1 is 1.27 bits per heavy atom. The molecule has 1 aromatic heterocycles. The fourth-order valence-electron chi connectivity index (χ4n) is 5.00. The van der Waals surface area contributed by atoms with Crippen molar-refractivity contribution in [2.24, 2.45) is 5.41 Å². The van der Waals surface area contributed by atoms with Crippen LogP contribution in [-0.4, -0.2) is 86.7 Å². The summed E-state index contributed by atoms with van der Waals surface area (Å²) in [6.45, 7) is 7.60. The topological polar surface area (TPSA) is 116 Å². The second-order valence-corrected chi connectivity index (χ2v) is 11.1. The number of hydrogen-bond acceptors (Lipinski definition) is 7. The lowest BCUT2D eigenvalue weighted by Crippen LogP contribution is -2.53. The van der Waals surface area contributed by atoms with Gasteiger partial charge in [-0.15, -0.1) is 5.10 Å². The molecule has 1 aliphatic carbocycles. The summed E-state index contributed by atoms with van der Waals surface area (Å²) >= 11 is 0. The number of amides is 2. The number of rotatable bonds is 6. The molecule has 184 valence electrons. The Morgan fingerprint density at radius 3 is 2.73 bits per heavy atom. The molecule has 3 heterocycles. The van der Waals surface area contributed by atoms with Gasteiger partial charge in [-0.3, -0.25) is 15.0 Å². The molecule has 0 spiro atoms. The number of hydrogen-bond donors (Lipinski definition) is 3. The van der Waals surface area contributed by atoms with E-state index in [9.17, 15) is 14.7 Å². The highest BCUT2D eigenvalue weighted by molar-refractivity contribution is 5.90. The van der Waals surface area contributed by atoms with Crippen molar-refractivity contribution in [1.82, 2.24) is 35.6 Å². The Kier molecular flexibility index (Phi) is 7.07. The van der Waals surface area contributed by atoms with Gasteiger partial charge in [0.15, 0.2) is 0 Å². The Balaban J connectivity index is 1.46. The first-order valence-electron chi connectivity index (χ1n) is 12.3. The van der Waals surface area contributed by atoms with E-state index in [-0.39, 0.29) is 30.8 Å². The number of hydrazine groups is 1. The van der Waals surface area contributed by atoms with Gasteiger partial charge >= 0.3 is 0 Å². The van der Waals surface area contributed by atoms with Crippen LogP contribution < -0.4 is 10.7 Å². The van der Waals surface area contributed by atoms with Crippen molar-refractivity contribution in [2.75, 3.05) is 26.7 Å². The number of β-amino-alcohol motifs (C(OH)–C–C–N with tert-alkyl or cyclic N) is 1. The van der Waals surface area contributed by atoms with Crippen LogP contribution in [0.4, 0.5) is 0 Å². The third kappa shape index (κ3) is 5.73. The Labute approximate surface area is 196 Å². The van der Waals surface area contributed by atoms with Crippen LogP contribution in [0, 0.1) is 5.41 Å². The van der Waals surface area contributed by atoms with Crippen molar-refractivity contribution < 1.29 is 14.7 Å². The number of aromatic nitrogens is 3. The molecule has 0 radical (unpaired) electrons. The van der Waals surface area contributed by atoms with Crippen LogP contribution in [0.15, 0.2) is 6.20 Å². The molecule has 2 amide bonds. The number of carbonyl (C=O) groups is 2. The first-order chi connectivity index (χ1) is 15.6. The maximum Gasteiger partial charge on any atom is 0.248 e. The van der Waals surface area contributed by atoms with Crippen molar-refractivity contribution in [3.05, 3.63) is 11.9 Å². The monoisotopic (exact) mass is 461 g/mol. The summed E-state index contributed by atoms with van der Waals surface area (Å²) in [5, 5.41) is 24.0. The van der Waals surface area contributed by atoms with E-state index in [1.54, 1.807) is 9.58 Å². The summed E-state index contributed by atoms with van der Waals surface area (Å²) in [4.78, 5) is 28.4. The van der Waals surface area contributed by atoms with Crippen LogP contribution >= 0.6 is 0 Å². The molecule has 3 aliphatic rings. The van der Waals surface area contributed by atoms with Gasteiger partial charge < -0.3 is 15.3 Å². The van der Waals surface area contributed by atoms with E-state index in [4.69, 9.17) is 0 Å². The van der Waals surface area contributed by atoms with Gasteiger partial charge in [-0.25, -0.2) is 9.69 Å². The molecule has 0 bridgehead atoms. The molecule has 33 heavy (non-hydrogen) atoms. The molecule has 1 saturated carbocycles. The lowest BCUT2D eigenvalue weighted by molar-refractivity contribution is -0.144. The SMILES string of the molecule is CN1CCCCC(CNC(=O)C2CC(O)CN2C(=O)[C@@H](n2cc(C3CC3)nn2)C(C)(C)C)N1. The number of aliphatic hydroxyl groups is 1. The van der Waals surface area contributed by atoms with Gasteiger partial charge in [0.05, 0.1) is 11.8 Å². The average molecular weight is 462 g/mol. The number of carbonyl (C=O) groups excluding carboxylic acids is 2. The van der Waals surface area contributed by atoms with Crippen molar-refractivity contribution in [2.45, 2.75) is 89.4 Å². The lowest BCUT2D eigenvalue weighted by atomic mass is 9.85. The molecule has 2 aliphatic heterocycles. The minimum atomic E-state index is -0.717. The highest BCUT2D eigenvalue weighted by atomic mass is 16.3. The van der Waals surface area contributed by atoms with Crippen LogP contribution in [0.5, 0.6) is 0 Å². The minimum absolute atomic E-state index is 0.151. The zero-order chi connectivity index (χ0) is 23.8. The molecule has 0 aromatic carbocycles. The van der Waals surface area contributed by atoms with Crippen molar-refractivity contribution in [3.63, 3.8) is 0 Å². The third-order valence-electron chi connectivity index (χ3n) is 6.93. The lowest BCUT2D eigenvalue weighted by Gasteiger charge is -2.34. The predicted octanol–water partition coefficient (Wildman–Crippen LogP) is 0.810. The van der Waals surface area contributed by atoms with Crippen LogP contribution in [0.25, 0.3) is 0 Å². The first-order valence-corrected chi connectivity index (χ1v) is 12.3. The summed E-state index contributed by atoms with van der Waals surface area (Å²) < 4.78 is 1.65. The number of nitrogens with one attached hydrogen (secondary N) is 2. The molecule has 3 fully saturated rings. The normalized spacial score (nSPS) is 27.9. The maximum atomic E-state index is 13.8. The van der Waals surface area contributed by atoms with E-state index in [0.717, 1.165) is 44.3 Å². The fraction of sp³-hybridized carbons (Fsp3) is 0.826. The van der Waals surface area contributed by atoms with Crippen LogP contribution in [0.1, 0.15) is 76.9 Å². The quantitative estimate of drug-likeness (QED) is 0.574. The summed E-state index contributed by atoms with van der Waals surface area (Å²) in [5.74, 6) is 0.0375. The first kappa shape index (κ1) is 24.1. The molecule has 10 heteroatoms. The van der Waals surface area contributed by atoms with Gasteiger partial charge in [0.25, 0.3) is 0 Å². The summed E-state index contributed by atoms with van der Waals surface area (Å²) in [7, 11) is 2.01. The van der Waals surface area contributed by atoms with Crippen LogP contribution in [-0.2, 0) is 9.59 Å². The number of aliphatic hydroxyl groups excluding tert-OH is 1. The zero-order valence-corrected chi connectivity index (χ0v) is 20.3. The molecule has 1 aromatic rings. The third-order valence-corrected chi connectivity index (χ3v) is 6.93. The Morgan fingerprint density at radius 2 is 2.03 bits per heavy atom. The van der Waals surface area contributed by atoms with Crippen LogP contribution in [0.3, 0.4) is 0 Å². The standard InChI is InChI=1S/C23H39N7O3/c1-23(2,3)20(30-14-18(25-27-30)15-8-9-15)22(33)29-13-17(31)11-19(29)21(32)24-12-16-7-5-6-10-28(4)26-16/h14-17,19-20,26,31H,5-13H2,1-4H3,(H,24,32)/t16?,17?,19?,20-/m1/s1.